The summed E-state index contributed by atoms with van der Waals surface area (Å²) in [6, 6.07) is 17.5. The molecule has 7 nitrogen and oxygen atoms in total. The second-order valence-electron chi connectivity index (χ2n) is 5.84. The number of hydrogen-bond acceptors (Lipinski definition) is 5. The van der Waals surface area contributed by atoms with Crippen LogP contribution in [-0.2, 0) is 0 Å². The highest BCUT2D eigenvalue weighted by Crippen LogP contribution is 2.25. The lowest BCUT2D eigenvalue weighted by molar-refractivity contribution is 0.412. The van der Waals surface area contributed by atoms with E-state index in [0.29, 0.717) is 16.3 Å². The van der Waals surface area contributed by atoms with E-state index < -0.39 is 0 Å². The van der Waals surface area contributed by atoms with Crippen molar-refractivity contribution in [2.75, 3.05) is 7.11 Å². The maximum Gasteiger partial charge on any atom is 0.216 e. The van der Waals surface area contributed by atoms with Gasteiger partial charge in [0.1, 0.15) is 11.4 Å². The van der Waals surface area contributed by atoms with Crippen molar-refractivity contribution in [3.8, 4) is 28.5 Å². The summed E-state index contributed by atoms with van der Waals surface area (Å²) in [5.74, 6) is 1.30. The number of halogens is 1. The third-order valence-corrected chi connectivity index (χ3v) is 4.92. The first kappa shape index (κ1) is 18.3. The molecular weight excluding hydrogens is 440 g/mol. The maximum atomic E-state index is 5.32. The van der Waals surface area contributed by atoms with E-state index in [0.717, 1.165) is 27.0 Å². The number of H-pyrrole nitrogens is 2. The van der Waals surface area contributed by atoms with E-state index in [1.807, 2.05) is 54.6 Å². The molecule has 0 unspecified atom stereocenters. The van der Waals surface area contributed by atoms with Gasteiger partial charge in [-0.1, -0.05) is 30.3 Å². The van der Waals surface area contributed by atoms with Gasteiger partial charge in [0.05, 0.1) is 23.5 Å². The number of aromatic amines is 2. The molecule has 28 heavy (non-hydrogen) atoms. The molecule has 9 heteroatoms. The number of methoxy groups -OCH3 is 1. The average molecular weight is 455 g/mol. The zero-order chi connectivity index (χ0) is 19.5. The van der Waals surface area contributed by atoms with Gasteiger partial charge in [-0.05, 0) is 58.0 Å². The summed E-state index contributed by atoms with van der Waals surface area (Å²) in [6.45, 7) is 0. The molecule has 2 heterocycles. The fourth-order valence-corrected chi connectivity index (χ4v) is 3.39. The number of nitrogens with zero attached hydrogens (tertiary/aromatic N) is 4. The summed E-state index contributed by atoms with van der Waals surface area (Å²) < 4.78 is 8.02. The number of rotatable bonds is 5. The molecule has 0 saturated heterocycles. The molecule has 2 N–H and O–H groups in total. The van der Waals surface area contributed by atoms with Crippen molar-refractivity contribution < 1.29 is 4.74 Å². The zero-order valence-electron chi connectivity index (χ0n) is 14.8. The quantitative estimate of drug-likeness (QED) is 0.339. The van der Waals surface area contributed by atoms with Crippen molar-refractivity contribution in [3.63, 3.8) is 0 Å². The van der Waals surface area contributed by atoms with Crippen molar-refractivity contribution in [3.05, 3.63) is 69.4 Å². The molecule has 0 aliphatic carbocycles. The lowest BCUT2D eigenvalue weighted by Gasteiger charge is -2.03. The molecular formula is C19H15BrN6OS. The second-order valence-corrected chi connectivity index (χ2v) is 7.08. The minimum Gasteiger partial charge on any atom is -0.496 e. The van der Waals surface area contributed by atoms with Gasteiger partial charge in [0.15, 0.2) is 0 Å². The molecule has 0 atom stereocenters. The molecule has 0 saturated carbocycles. The van der Waals surface area contributed by atoms with Crippen LogP contribution in [0.25, 0.3) is 22.8 Å². The predicted octanol–water partition coefficient (Wildman–Crippen LogP) is 4.65. The topological polar surface area (TPSA) is 83.9 Å². The van der Waals surface area contributed by atoms with Gasteiger partial charge in [-0.3, -0.25) is 5.10 Å². The molecule has 4 rings (SSSR count). The summed E-state index contributed by atoms with van der Waals surface area (Å²) in [4.78, 5) is 0. The number of benzene rings is 2. The van der Waals surface area contributed by atoms with Crippen molar-refractivity contribution in [1.29, 1.82) is 0 Å². The van der Waals surface area contributed by atoms with E-state index >= 15 is 0 Å². The van der Waals surface area contributed by atoms with Crippen molar-refractivity contribution in [2.24, 2.45) is 5.10 Å². The largest absolute Gasteiger partial charge is 0.496 e. The Balaban J connectivity index is 1.66. The van der Waals surface area contributed by atoms with Crippen molar-refractivity contribution in [1.82, 2.24) is 25.1 Å². The van der Waals surface area contributed by atoms with Crippen LogP contribution >= 0.6 is 28.1 Å². The normalized spacial score (nSPS) is 11.2. The lowest BCUT2D eigenvalue weighted by Crippen LogP contribution is -1.95. The Morgan fingerprint density at radius 3 is 2.68 bits per heavy atom. The molecule has 0 amide bonds. The molecule has 0 spiro atoms. The van der Waals surface area contributed by atoms with Gasteiger partial charge >= 0.3 is 0 Å². The molecule has 0 fully saturated rings. The Morgan fingerprint density at radius 1 is 1.11 bits per heavy atom. The monoisotopic (exact) mass is 454 g/mol. The summed E-state index contributed by atoms with van der Waals surface area (Å²) in [5, 5.41) is 18.9. The number of hydrogen-bond donors (Lipinski definition) is 2. The molecule has 4 aromatic rings. The second kappa shape index (κ2) is 7.91. The lowest BCUT2D eigenvalue weighted by atomic mass is 10.1. The Kier molecular flexibility index (Phi) is 5.18. The Morgan fingerprint density at radius 2 is 1.93 bits per heavy atom. The summed E-state index contributed by atoms with van der Waals surface area (Å²) in [7, 11) is 1.62. The first-order valence-corrected chi connectivity index (χ1v) is 9.52. The highest BCUT2D eigenvalue weighted by molar-refractivity contribution is 9.10. The van der Waals surface area contributed by atoms with Gasteiger partial charge in [0.25, 0.3) is 0 Å². The first-order chi connectivity index (χ1) is 13.7. The van der Waals surface area contributed by atoms with E-state index in [1.165, 1.54) is 0 Å². The fraction of sp³-hybridized carbons (Fsp3) is 0.0526. The fourth-order valence-electron chi connectivity index (χ4n) is 2.65. The molecule has 0 aliphatic rings. The van der Waals surface area contributed by atoms with E-state index in [-0.39, 0.29) is 0 Å². The third-order valence-electron chi connectivity index (χ3n) is 4.04. The minimum atomic E-state index is 0.384. The first-order valence-electron chi connectivity index (χ1n) is 8.32. The van der Waals surface area contributed by atoms with Crippen LogP contribution < -0.4 is 4.74 Å². The van der Waals surface area contributed by atoms with E-state index in [2.05, 4.69) is 41.4 Å². The Hall–Kier alpha value is -3.04. The maximum absolute atomic E-state index is 5.32. The van der Waals surface area contributed by atoms with Gasteiger partial charge < -0.3 is 4.74 Å². The molecule has 0 radical (unpaired) electrons. The van der Waals surface area contributed by atoms with E-state index in [1.54, 1.807) is 18.0 Å². The highest BCUT2D eigenvalue weighted by atomic mass is 79.9. The number of aromatic nitrogens is 5. The molecule has 140 valence electrons. The zero-order valence-corrected chi connectivity index (χ0v) is 17.2. The van der Waals surface area contributed by atoms with Gasteiger partial charge in [-0.25, -0.2) is 5.10 Å². The van der Waals surface area contributed by atoms with E-state index in [9.17, 15) is 0 Å². The number of nitrogens with one attached hydrogen (secondary N) is 2. The highest BCUT2D eigenvalue weighted by Gasteiger charge is 2.12. The Labute approximate surface area is 174 Å². The smallest absolute Gasteiger partial charge is 0.216 e. The summed E-state index contributed by atoms with van der Waals surface area (Å²) >= 11 is 8.79. The van der Waals surface area contributed by atoms with Crippen LogP contribution in [0.5, 0.6) is 5.75 Å². The molecule has 0 bridgehead atoms. The standard InChI is InChI=1S/C19H15BrN6OS/c1-27-17-8-7-12(9-14(17)20)11-21-26-18(24-25-19(26)28)16-10-15(22-23-16)13-5-3-2-4-6-13/h2-11H,1H3,(H,22,23)(H,25,28)/b21-11-. The number of ether oxygens (including phenoxy) is 1. The summed E-state index contributed by atoms with van der Waals surface area (Å²) in [6.07, 6.45) is 1.70. The average Bonchev–Trinajstić information content (AvgIpc) is 3.34. The van der Waals surface area contributed by atoms with Crippen LogP contribution in [0.4, 0.5) is 0 Å². The molecule has 2 aromatic carbocycles. The third kappa shape index (κ3) is 3.67. The molecule has 0 aliphatic heterocycles. The molecule has 2 aromatic heterocycles. The van der Waals surface area contributed by atoms with Crippen LogP contribution in [0.15, 0.2) is 64.2 Å². The Bertz CT molecular complexity index is 1190. The summed E-state index contributed by atoms with van der Waals surface area (Å²) in [5.41, 5.74) is 3.42. The van der Waals surface area contributed by atoms with Gasteiger partial charge in [-0.2, -0.15) is 20.0 Å². The van der Waals surface area contributed by atoms with Crippen LogP contribution in [0.1, 0.15) is 5.56 Å². The van der Waals surface area contributed by atoms with Crippen LogP contribution in [0, 0.1) is 4.77 Å². The predicted molar refractivity (Wildman–Crippen MR) is 114 cm³/mol. The van der Waals surface area contributed by atoms with Gasteiger partial charge in [-0.15, -0.1) is 0 Å². The van der Waals surface area contributed by atoms with Gasteiger partial charge in [0.2, 0.25) is 10.6 Å². The van der Waals surface area contributed by atoms with E-state index in [4.69, 9.17) is 17.0 Å². The van der Waals surface area contributed by atoms with Crippen LogP contribution in [0.3, 0.4) is 0 Å². The van der Waals surface area contributed by atoms with Crippen LogP contribution in [-0.4, -0.2) is 38.4 Å². The van der Waals surface area contributed by atoms with Crippen molar-refractivity contribution >= 4 is 34.4 Å². The van der Waals surface area contributed by atoms with Crippen LogP contribution in [0.2, 0.25) is 0 Å². The van der Waals surface area contributed by atoms with Gasteiger partial charge in [0, 0.05) is 5.56 Å². The minimum absolute atomic E-state index is 0.384. The SMILES string of the molecule is COc1ccc(/C=N\n2c(-c3cc(-c4ccccc4)n[nH]3)n[nH]c2=S)cc1Br. The van der Waals surface area contributed by atoms with Crippen molar-refractivity contribution in [2.45, 2.75) is 0 Å².